The van der Waals surface area contributed by atoms with E-state index in [1.165, 1.54) is 0 Å². The molecule has 1 unspecified atom stereocenters. The zero-order valence-electron chi connectivity index (χ0n) is 15.9. The van der Waals surface area contributed by atoms with E-state index in [1.54, 1.807) is 12.1 Å². The maximum Gasteiger partial charge on any atom is 0.226 e. The van der Waals surface area contributed by atoms with Crippen molar-refractivity contribution in [2.24, 2.45) is 5.41 Å². The molecule has 6 heteroatoms. The fourth-order valence-electron chi connectivity index (χ4n) is 4.56. The summed E-state index contributed by atoms with van der Waals surface area (Å²) < 4.78 is 11.6. The van der Waals surface area contributed by atoms with Crippen molar-refractivity contribution >= 4 is 5.91 Å². The van der Waals surface area contributed by atoms with Gasteiger partial charge in [0.05, 0.1) is 32.3 Å². The van der Waals surface area contributed by atoms with E-state index >= 15 is 0 Å². The Balaban J connectivity index is 1.24. The highest BCUT2D eigenvalue weighted by atomic mass is 16.5. The van der Waals surface area contributed by atoms with E-state index in [-0.39, 0.29) is 17.1 Å². The van der Waals surface area contributed by atoms with E-state index in [1.807, 2.05) is 17.0 Å². The van der Waals surface area contributed by atoms with Crippen LogP contribution in [0.1, 0.15) is 24.8 Å². The smallest absolute Gasteiger partial charge is 0.226 e. The van der Waals surface area contributed by atoms with Crippen molar-refractivity contribution in [2.45, 2.75) is 31.8 Å². The lowest BCUT2D eigenvalue weighted by molar-refractivity contribution is -0.132. The number of phenols is 1. The molecule has 1 spiro atoms. The molecule has 1 aromatic carbocycles. The van der Waals surface area contributed by atoms with Crippen molar-refractivity contribution in [3.8, 4) is 5.75 Å². The van der Waals surface area contributed by atoms with Gasteiger partial charge >= 0.3 is 0 Å². The predicted octanol–water partition coefficient (Wildman–Crippen LogP) is 1.66. The molecule has 3 saturated heterocycles. The van der Waals surface area contributed by atoms with Crippen LogP contribution in [0.15, 0.2) is 24.3 Å². The molecule has 3 aliphatic rings. The third-order valence-electron chi connectivity index (χ3n) is 6.32. The van der Waals surface area contributed by atoms with Crippen LogP contribution in [0.2, 0.25) is 0 Å². The number of likely N-dealkylation sites (tertiary alicyclic amines) is 1. The van der Waals surface area contributed by atoms with Crippen LogP contribution in [0, 0.1) is 5.41 Å². The number of piperidine rings is 1. The third-order valence-corrected chi connectivity index (χ3v) is 6.32. The van der Waals surface area contributed by atoms with Gasteiger partial charge in [0.2, 0.25) is 5.91 Å². The maximum atomic E-state index is 12.6. The van der Waals surface area contributed by atoms with Crippen LogP contribution in [0.25, 0.3) is 0 Å². The number of carbonyl (C=O) groups excluding carboxylic acids is 1. The van der Waals surface area contributed by atoms with Crippen molar-refractivity contribution in [1.29, 1.82) is 0 Å². The monoisotopic (exact) mass is 374 g/mol. The fraction of sp³-hybridized carbons (Fsp3) is 0.667. The molecule has 3 aliphatic heterocycles. The lowest BCUT2D eigenvalue weighted by atomic mass is 9.76. The molecule has 1 atom stereocenters. The molecule has 6 nitrogen and oxygen atoms in total. The van der Waals surface area contributed by atoms with Gasteiger partial charge in [-0.15, -0.1) is 0 Å². The average molecular weight is 374 g/mol. The first kappa shape index (κ1) is 18.7. The molecule has 0 radical (unpaired) electrons. The summed E-state index contributed by atoms with van der Waals surface area (Å²) in [7, 11) is 0. The van der Waals surface area contributed by atoms with Crippen LogP contribution < -0.4 is 0 Å². The first-order chi connectivity index (χ1) is 13.1. The van der Waals surface area contributed by atoms with E-state index in [0.717, 1.165) is 77.4 Å². The van der Waals surface area contributed by atoms with Crippen LogP contribution in [0.4, 0.5) is 0 Å². The highest BCUT2D eigenvalue weighted by molar-refractivity contribution is 5.78. The van der Waals surface area contributed by atoms with E-state index in [9.17, 15) is 9.90 Å². The summed E-state index contributed by atoms with van der Waals surface area (Å²) in [6, 6.07) is 6.91. The van der Waals surface area contributed by atoms with Gasteiger partial charge in [-0.2, -0.15) is 0 Å². The van der Waals surface area contributed by atoms with E-state index < -0.39 is 0 Å². The summed E-state index contributed by atoms with van der Waals surface area (Å²) in [6.45, 7) is 7.16. The molecular weight excluding hydrogens is 344 g/mol. The summed E-state index contributed by atoms with van der Waals surface area (Å²) in [6.07, 6.45) is 3.91. The number of ether oxygens (including phenoxy) is 2. The minimum Gasteiger partial charge on any atom is -0.508 e. The van der Waals surface area contributed by atoms with Crippen molar-refractivity contribution in [1.82, 2.24) is 9.80 Å². The highest BCUT2D eigenvalue weighted by Crippen LogP contribution is 2.42. The van der Waals surface area contributed by atoms with Gasteiger partial charge in [-0.1, -0.05) is 12.1 Å². The molecule has 0 saturated carbocycles. The molecule has 1 N–H and O–H groups in total. The number of rotatable bonds is 4. The zero-order valence-corrected chi connectivity index (χ0v) is 15.9. The van der Waals surface area contributed by atoms with Crippen LogP contribution in [0.3, 0.4) is 0 Å². The molecule has 3 fully saturated rings. The van der Waals surface area contributed by atoms with Gasteiger partial charge in [-0.3, -0.25) is 9.69 Å². The second-order valence-electron chi connectivity index (χ2n) is 8.27. The molecule has 4 rings (SSSR count). The Labute approximate surface area is 161 Å². The number of hydrogen-bond donors (Lipinski definition) is 1. The van der Waals surface area contributed by atoms with Crippen LogP contribution in [-0.2, 0) is 20.7 Å². The van der Waals surface area contributed by atoms with Gasteiger partial charge in [0, 0.05) is 32.7 Å². The fourth-order valence-corrected chi connectivity index (χ4v) is 4.56. The molecule has 3 heterocycles. The van der Waals surface area contributed by atoms with Gasteiger partial charge < -0.3 is 19.5 Å². The molecule has 0 bridgehead atoms. The van der Waals surface area contributed by atoms with Gasteiger partial charge in [0.15, 0.2) is 0 Å². The normalized spacial score (nSPS) is 25.8. The molecule has 0 aliphatic carbocycles. The lowest BCUT2D eigenvalue weighted by Crippen LogP contribution is -2.44. The Kier molecular flexibility index (Phi) is 5.66. The zero-order chi connectivity index (χ0) is 18.7. The van der Waals surface area contributed by atoms with Crippen molar-refractivity contribution in [3.63, 3.8) is 0 Å². The molecule has 0 aromatic heterocycles. The Bertz CT molecular complexity index is 634. The van der Waals surface area contributed by atoms with Gasteiger partial charge in [-0.05, 0) is 42.4 Å². The first-order valence-electron chi connectivity index (χ1n) is 10.1. The number of phenolic OH excluding ortho intramolecular Hbond substituents is 1. The van der Waals surface area contributed by atoms with Crippen molar-refractivity contribution in [3.05, 3.63) is 29.8 Å². The Hall–Kier alpha value is -1.63. The molecule has 148 valence electrons. The number of benzene rings is 1. The predicted molar refractivity (Wildman–Crippen MR) is 102 cm³/mol. The second-order valence-corrected chi connectivity index (χ2v) is 8.27. The molecular formula is C21H30N2O4. The van der Waals surface area contributed by atoms with Crippen molar-refractivity contribution < 1.29 is 19.4 Å². The summed E-state index contributed by atoms with van der Waals surface area (Å²) in [4.78, 5) is 17.0. The Morgan fingerprint density at radius 2 is 1.81 bits per heavy atom. The first-order valence-corrected chi connectivity index (χ1v) is 10.1. The summed E-state index contributed by atoms with van der Waals surface area (Å²) >= 11 is 0. The van der Waals surface area contributed by atoms with E-state index in [2.05, 4.69) is 4.90 Å². The van der Waals surface area contributed by atoms with E-state index in [4.69, 9.17) is 9.47 Å². The third kappa shape index (κ3) is 4.62. The van der Waals surface area contributed by atoms with Gasteiger partial charge in [0.25, 0.3) is 0 Å². The van der Waals surface area contributed by atoms with Gasteiger partial charge in [-0.25, -0.2) is 0 Å². The topological polar surface area (TPSA) is 62.2 Å². The molecule has 27 heavy (non-hydrogen) atoms. The minimum atomic E-state index is 0.180. The van der Waals surface area contributed by atoms with E-state index in [0.29, 0.717) is 12.5 Å². The van der Waals surface area contributed by atoms with Crippen LogP contribution in [0.5, 0.6) is 5.75 Å². The SMILES string of the molecule is O=C(Cc1ccc(O)cc1)N1CCC2(CC1)COC(CN1CCOCC1)C2. The standard InChI is InChI=1S/C21H30N2O4/c24-18-3-1-17(2-4-18)13-20(25)23-7-5-21(6-8-23)14-19(27-16-21)15-22-9-11-26-12-10-22/h1-4,19,24H,5-16H2. The van der Waals surface area contributed by atoms with Crippen LogP contribution in [-0.4, -0.2) is 79.5 Å². The highest BCUT2D eigenvalue weighted by Gasteiger charge is 2.43. The summed E-state index contributed by atoms with van der Waals surface area (Å²) in [5, 5.41) is 9.37. The summed E-state index contributed by atoms with van der Waals surface area (Å²) in [5.41, 5.74) is 1.21. The van der Waals surface area contributed by atoms with Gasteiger partial charge in [0.1, 0.15) is 5.75 Å². The summed E-state index contributed by atoms with van der Waals surface area (Å²) in [5.74, 6) is 0.415. The largest absolute Gasteiger partial charge is 0.508 e. The quantitative estimate of drug-likeness (QED) is 0.869. The average Bonchev–Trinajstić information content (AvgIpc) is 3.07. The molecule has 1 aromatic rings. The Morgan fingerprint density at radius 3 is 2.52 bits per heavy atom. The number of carbonyl (C=O) groups is 1. The number of nitrogens with zero attached hydrogens (tertiary/aromatic N) is 2. The van der Waals surface area contributed by atoms with Crippen LogP contribution >= 0.6 is 0 Å². The molecule has 1 amide bonds. The van der Waals surface area contributed by atoms with Crippen molar-refractivity contribution in [2.75, 3.05) is 52.5 Å². The second kappa shape index (κ2) is 8.17. The number of hydrogen-bond acceptors (Lipinski definition) is 5. The maximum absolute atomic E-state index is 12.6. The number of aromatic hydroxyl groups is 1. The minimum absolute atomic E-state index is 0.180. The number of amides is 1. The number of morpholine rings is 1. The lowest BCUT2D eigenvalue weighted by Gasteiger charge is -2.38. The Morgan fingerprint density at radius 1 is 1.11 bits per heavy atom.